The van der Waals surface area contributed by atoms with Crippen molar-refractivity contribution in [1.29, 1.82) is 0 Å². The third-order valence-corrected chi connectivity index (χ3v) is 4.71. The highest BCUT2D eigenvalue weighted by Crippen LogP contribution is 2.42. The highest BCUT2D eigenvalue weighted by Gasteiger charge is 2.23. The van der Waals surface area contributed by atoms with E-state index in [1.165, 1.54) is 12.8 Å². The SMILES string of the molecule is NC(CCC(=O)O)c1ccc(SC2CC2)c(Cl)c1. The quantitative estimate of drug-likeness (QED) is 0.840. The van der Waals surface area contributed by atoms with Crippen molar-refractivity contribution < 1.29 is 9.90 Å². The van der Waals surface area contributed by atoms with Crippen LogP contribution in [0.3, 0.4) is 0 Å². The van der Waals surface area contributed by atoms with Crippen molar-refractivity contribution in [3.8, 4) is 0 Å². The summed E-state index contributed by atoms with van der Waals surface area (Å²) in [5.74, 6) is -0.822. The molecule has 1 aliphatic carbocycles. The van der Waals surface area contributed by atoms with Gasteiger partial charge >= 0.3 is 5.97 Å². The van der Waals surface area contributed by atoms with Crippen molar-refractivity contribution in [3.63, 3.8) is 0 Å². The molecule has 3 nitrogen and oxygen atoms in total. The third kappa shape index (κ3) is 3.90. The van der Waals surface area contributed by atoms with Gasteiger partial charge in [-0.2, -0.15) is 0 Å². The van der Waals surface area contributed by atoms with Gasteiger partial charge in [0, 0.05) is 22.6 Å². The highest BCUT2D eigenvalue weighted by atomic mass is 35.5. The smallest absolute Gasteiger partial charge is 0.303 e. The maximum atomic E-state index is 10.5. The number of hydrogen-bond donors (Lipinski definition) is 2. The summed E-state index contributed by atoms with van der Waals surface area (Å²) in [7, 11) is 0. The molecule has 5 heteroatoms. The number of carbonyl (C=O) groups is 1. The third-order valence-electron chi connectivity index (χ3n) is 2.87. The van der Waals surface area contributed by atoms with E-state index in [1.807, 2.05) is 30.0 Å². The van der Waals surface area contributed by atoms with Crippen molar-refractivity contribution in [1.82, 2.24) is 0 Å². The summed E-state index contributed by atoms with van der Waals surface area (Å²) in [6, 6.07) is 5.53. The number of rotatable bonds is 6. The van der Waals surface area contributed by atoms with E-state index in [2.05, 4.69) is 0 Å². The fourth-order valence-corrected chi connectivity index (χ4v) is 3.03. The van der Waals surface area contributed by atoms with Crippen LogP contribution in [0.25, 0.3) is 0 Å². The summed E-state index contributed by atoms with van der Waals surface area (Å²) in [4.78, 5) is 11.6. The Kier molecular flexibility index (Phi) is 4.54. The number of nitrogens with two attached hydrogens (primary N) is 1. The standard InChI is InChI=1S/C13H16ClNO2S/c14-10-7-8(11(15)4-6-13(16)17)1-5-12(10)18-9-2-3-9/h1,5,7,9,11H,2-4,6,15H2,(H,16,17). The van der Waals surface area contributed by atoms with Gasteiger partial charge in [0.25, 0.3) is 0 Å². The lowest BCUT2D eigenvalue weighted by Gasteiger charge is -2.12. The zero-order chi connectivity index (χ0) is 13.1. The van der Waals surface area contributed by atoms with E-state index in [9.17, 15) is 4.79 Å². The Morgan fingerprint density at radius 3 is 2.83 bits per heavy atom. The van der Waals surface area contributed by atoms with Gasteiger partial charge in [0.2, 0.25) is 0 Å². The van der Waals surface area contributed by atoms with Crippen molar-refractivity contribution in [2.75, 3.05) is 0 Å². The van der Waals surface area contributed by atoms with Gasteiger partial charge in [-0.15, -0.1) is 11.8 Å². The van der Waals surface area contributed by atoms with E-state index in [1.54, 1.807) is 0 Å². The predicted molar refractivity (Wildman–Crippen MR) is 74.1 cm³/mol. The minimum atomic E-state index is -0.822. The van der Waals surface area contributed by atoms with Crippen LogP contribution in [0.1, 0.15) is 37.3 Å². The van der Waals surface area contributed by atoms with Crippen LogP contribution in [0.4, 0.5) is 0 Å². The van der Waals surface area contributed by atoms with Crippen LogP contribution in [-0.4, -0.2) is 16.3 Å². The second-order valence-corrected chi connectivity index (χ2v) is 6.30. The number of halogens is 1. The maximum Gasteiger partial charge on any atom is 0.303 e. The summed E-state index contributed by atoms with van der Waals surface area (Å²) in [6.07, 6.45) is 3.04. The van der Waals surface area contributed by atoms with Crippen LogP contribution >= 0.6 is 23.4 Å². The minimum Gasteiger partial charge on any atom is -0.481 e. The first-order chi connectivity index (χ1) is 8.56. The molecule has 1 aromatic rings. The minimum absolute atomic E-state index is 0.0807. The van der Waals surface area contributed by atoms with Crippen LogP contribution in [0.5, 0.6) is 0 Å². The van der Waals surface area contributed by atoms with Gasteiger partial charge in [-0.05, 0) is 37.0 Å². The average Bonchev–Trinajstić information content (AvgIpc) is 3.12. The molecule has 1 atom stereocenters. The molecule has 1 aromatic carbocycles. The molecule has 98 valence electrons. The lowest BCUT2D eigenvalue weighted by atomic mass is 10.0. The molecule has 0 aliphatic heterocycles. The molecule has 3 N–H and O–H groups in total. The molecule has 0 aromatic heterocycles. The molecule has 1 unspecified atom stereocenters. The van der Waals surface area contributed by atoms with E-state index < -0.39 is 5.97 Å². The van der Waals surface area contributed by atoms with E-state index in [4.69, 9.17) is 22.4 Å². The van der Waals surface area contributed by atoms with Gasteiger partial charge < -0.3 is 10.8 Å². The molecule has 0 spiro atoms. The van der Waals surface area contributed by atoms with Crippen LogP contribution in [-0.2, 0) is 4.79 Å². The maximum absolute atomic E-state index is 10.5. The van der Waals surface area contributed by atoms with Gasteiger partial charge in [0.05, 0.1) is 5.02 Å². The van der Waals surface area contributed by atoms with Crippen LogP contribution in [0, 0.1) is 0 Å². The molecule has 0 saturated heterocycles. The molecule has 18 heavy (non-hydrogen) atoms. The molecule has 2 rings (SSSR count). The summed E-state index contributed by atoms with van der Waals surface area (Å²) < 4.78 is 0. The van der Waals surface area contributed by atoms with Gasteiger partial charge in [-0.25, -0.2) is 0 Å². The lowest BCUT2D eigenvalue weighted by Crippen LogP contribution is -2.12. The molecule has 1 saturated carbocycles. The van der Waals surface area contributed by atoms with Gasteiger partial charge in [-0.1, -0.05) is 17.7 Å². The monoisotopic (exact) mass is 285 g/mol. The van der Waals surface area contributed by atoms with E-state index >= 15 is 0 Å². The Morgan fingerprint density at radius 1 is 1.56 bits per heavy atom. The summed E-state index contributed by atoms with van der Waals surface area (Å²) in [5.41, 5.74) is 6.85. The Balaban J connectivity index is 2.00. The summed E-state index contributed by atoms with van der Waals surface area (Å²) >= 11 is 8.02. The number of carboxylic acids is 1. The topological polar surface area (TPSA) is 63.3 Å². The normalized spacial score (nSPS) is 16.6. The Morgan fingerprint density at radius 2 is 2.28 bits per heavy atom. The highest BCUT2D eigenvalue weighted by molar-refractivity contribution is 8.00. The number of hydrogen-bond acceptors (Lipinski definition) is 3. The van der Waals surface area contributed by atoms with E-state index in [-0.39, 0.29) is 12.5 Å². The van der Waals surface area contributed by atoms with Gasteiger partial charge in [0.1, 0.15) is 0 Å². The largest absolute Gasteiger partial charge is 0.481 e. The Labute approximate surface area is 116 Å². The van der Waals surface area contributed by atoms with Gasteiger partial charge in [-0.3, -0.25) is 4.79 Å². The second-order valence-electron chi connectivity index (χ2n) is 4.55. The fraction of sp³-hybridized carbons (Fsp3) is 0.462. The molecular formula is C13H16ClNO2S. The van der Waals surface area contributed by atoms with Crippen molar-refractivity contribution >= 4 is 29.3 Å². The Hall–Kier alpha value is -0.710. The van der Waals surface area contributed by atoms with Crippen molar-refractivity contribution in [2.45, 2.75) is 41.9 Å². The Bertz CT molecular complexity index is 449. The van der Waals surface area contributed by atoms with Crippen LogP contribution in [0.15, 0.2) is 23.1 Å². The van der Waals surface area contributed by atoms with Crippen LogP contribution in [0.2, 0.25) is 5.02 Å². The van der Waals surface area contributed by atoms with E-state index in [0.717, 1.165) is 15.5 Å². The number of aliphatic carboxylic acids is 1. The molecule has 0 bridgehead atoms. The number of thioether (sulfide) groups is 1. The second kappa shape index (κ2) is 5.95. The molecule has 0 radical (unpaired) electrons. The molecule has 0 amide bonds. The molecule has 1 aliphatic rings. The molecule has 1 fully saturated rings. The molecule has 0 heterocycles. The zero-order valence-electron chi connectivity index (χ0n) is 9.93. The van der Waals surface area contributed by atoms with Crippen LogP contribution < -0.4 is 5.73 Å². The first-order valence-electron chi connectivity index (χ1n) is 5.99. The average molecular weight is 286 g/mol. The molecular weight excluding hydrogens is 270 g/mol. The summed E-state index contributed by atoms with van der Waals surface area (Å²) in [6.45, 7) is 0. The van der Waals surface area contributed by atoms with Crippen molar-refractivity contribution in [2.24, 2.45) is 5.73 Å². The predicted octanol–water partition coefficient (Wildman–Crippen LogP) is 3.46. The fourth-order valence-electron chi connectivity index (χ4n) is 1.65. The summed E-state index contributed by atoms with van der Waals surface area (Å²) in [5, 5.41) is 10.1. The van der Waals surface area contributed by atoms with Crippen molar-refractivity contribution in [3.05, 3.63) is 28.8 Å². The lowest BCUT2D eigenvalue weighted by molar-refractivity contribution is -0.137. The number of carboxylic acid groups (broad SMARTS) is 1. The first kappa shape index (κ1) is 13.7. The zero-order valence-corrected chi connectivity index (χ0v) is 11.5. The number of benzene rings is 1. The van der Waals surface area contributed by atoms with Gasteiger partial charge in [0.15, 0.2) is 0 Å². The first-order valence-corrected chi connectivity index (χ1v) is 7.25. The van der Waals surface area contributed by atoms with E-state index in [0.29, 0.717) is 11.7 Å².